The third-order valence-electron chi connectivity index (χ3n) is 3.99. The van der Waals surface area contributed by atoms with Gasteiger partial charge in [-0.25, -0.2) is 4.79 Å². The van der Waals surface area contributed by atoms with Gasteiger partial charge in [0.1, 0.15) is 5.75 Å². The van der Waals surface area contributed by atoms with Gasteiger partial charge in [0.25, 0.3) is 0 Å². The van der Waals surface area contributed by atoms with Crippen LogP contribution < -0.4 is 15.4 Å². The van der Waals surface area contributed by atoms with Crippen LogP contribution in [0, 0.1) is 6.92 Å². The first-order valence-electron chi connectivity index (χ1n) is 9.01. The quantitative estimate of drug-likeness (QED) is 0.636. The van der Waals surface area contributed by atoms with E-state index < -0.39 is 0 Å². The number of amides is 2. The molecule has 2 rings (SSSR count). The van der Waals surface area contributed by atoms with Crippen LogP contribution in [0.3, 0.4) is 0 Å². The first-order valence-corrected chi connectivity index (χ1v) is 9.01. The van der Waals surface area contributed by atoms with Crippen molar-refractivity contribution in [3.05, 3.63) is 59.7 Å². The van der Waals surface area contributed by atoms with E-state index in [1.807, 2.05) is 43.3 Å². The van der Waals surface area contributed by atoms with E-state index in [4.69, 9.17) is 4.74 Å². The fourth-order valence-corrected chi connectivity index (χ4v) is 2.49. The molecule has 0 heterocycles. The van der Waals surface area contributed by atoms with Crippen molar-refractivity contribution < 1.29 is 9.53 Å². The molecule has 2 N–H and O–H groups in total. The Kier molecular flexibility index (Phi) is 7.83. The van der Waals surface area contributed by atoms with E-state index in [0.717, 1.165) is 29.8 Å². The minimum absolute atomic E-state index is 0.183. The molecule has 2 aromatic carbocycles. The third kappa shape index (κ3) is 6.87. The molecule has 134 valence electrons. The lowest BCUT2D eigenvalue weighted by Gasteiger charge is -2.10. The van der Waals surface area contributed by atoms with Crippen molar-refractivity contribution in [3.63, 3.8) is 0 Å². The Morgan fingerprint density at radius 2 is 1.80 bits per heavy atom. The maximum absolute atomic E-state index is 11.9. The maximum Gasteiger partial charge on any atom is 0.319 e. The van der Waals surface area contributed by atoms with Gasteiger partial charge in [-0.3, -0.25) is 0 Å². The fraction of sp³-hybridized carbons (Fsp3) is 0.381. The molecule has 0 spiro atoms. The summed E-state index contributed by atoms with van der Waals surface area (Å²) >= 11 is 0. The van der Waals surface area contributed by atoms with E-state index >= 15 is 0 Å². The van der Waals surface area contributed by atoms with Crippen LogP contribution in [-0.4, -0.2) is 19.2 Å². The van der Waals surface area contributed by atoms with Crippen LogP contribution >= 0.6 is 0 Å². The number of hydrogen-bond donors (Lipinski definition) is 2. The molecule has 0 unspecified atom stereocenters. The molecule has 0 fully saturated rings. The van der Waals surface area contributed by atoms with E-state index in [9.17, 15) is 4.79 Å². The average Bonchev–Trinajstić information content (AvgIpc) is 2.62. The SMILES string of the molecule is CCCCc1ccc(NC(=O)NCCCOc2ccccc2C)cc1. The molecule has 4 heteroatoms. The molecule has 25 heavy (non-hydrogen) atoms. The Balaban J connectivity index is 1.63. The van der Waals surface area contributed by atoms with Crippen LogP contribution in [0.4, 0.5) is 10.5 Å². The Bertz CT molecular complexity index is 653. The minimum atomic E-state index is -0.183. The lowest BCUT2D eigenvalue weighted by molar-refractivity contribution is 0.250. The topological polar surface area (TPSA) is 50.4 Å². The number of nitrogens with one attached hydrogen (secondary N) is 2. The van der Waals surface area contributed by atoms with E-state index in [0.29, 0.717) is 13.2 Å². The van der Waals surface area contributed by atoms with Crippen molar-refractivity contribution in [2.45, 2.75) is 39.5 Å². The van der Waals surface area contributed by atoms with Crippen LogP contribution in [0.25, 0.3) is 0 Å². The van der Waals surface area contributed by atoms with Crippen molar-refractivity contribution in [1.29, 1.82) is 0 Å². The molecule has 0 aliphatic rings. The highest BCUT2D eigenvalue weighted by molar-refractivity contribution is 5.89. The molecule has 0 aliphatic carbocycles. The van der Waals surface area contributed by atoms with E-state index in [-0.39, 0.29) is 6.03 Å². The van der Waals surface area contributed by atoms with Crippen molar-refractivity contribution in [2.75, 3.05) is 18.5 Å². The summed E-state index contributed by atoms with van der Waals surface area (Å²) in [4.78, 5) is 11.9. The predicted molar refractivity (Wildman–Crippen MR) is 103 cm³/mol. The molecule has 2 amide bonds. The van der Waals surface area contributed by atoms with Gasteiger partial charge in [-0.15, -0.1) is 0 Å². The van der Waals surface area contributed by atoms with Crippen LogP contribution in [0.15, 0.2) is 48.5 Å². The number of carbonyl (C=O) groups excluding carboxylic acids is 1. The summed E-state index contributed by atoms with van der Waals surface area (Å²) in [7, 11) is 0. The number of rotatable bonds is 9. The summed E-state index contributed by atoms with van der Waals surface area (Å²) in [5.41, 5.74) is 3.24. The Morgan fingerprint density at radius 3 is 2.52 bits per heavy atom. The zero-order chi connectivity index (χ0) is 17.9. The molecular formula is C21H28N2O2. The highest BCUT2D eigenvalue weighted by Crippen LogP contribution is 2.16. The van der Waals surface area contributed by atoms with Crippen molar-refractivity contribution >= 4 is 11.7 Å². The fourth-order valence-electron chi connectivity index (χ4n) is 2.49. The number of urea groups is 1. The lowest BCUT2D eigenvalue weighted by Crippen LogP contribution is -2.30. The van der Waals surface area contributed by atoms with E-state index in [1.165, 1.54) is 18.4 Å². The molecule has 0 aromatic heterocycles. The molecule has 0 saturated heterocycles. The zero-order valence-corrected chi connectivity index (χ0v) is 15.2. The Morgan fingerprint density at radius 1 is 1.04 bits per heavy atom. The number of unbranched alkanes of at least 4 members (excludes halogenated alkanes) is 1. The van der Waals surface area contributed by atoms with Gasteiger partial charge in [-0.05, 0) is 55.5 Å². The monoisotopic (exact) mass is 340 g/mol. The second-order valence-corrected chi connectivity index (χ2v) is 6.15. The Hall–Kier alpha value is -2.49. The maximum atomic E-state index is 11.9. The summed E-state index contributed by atoms with van der Waals surface area (Å²) < 4.78 is 5.71. The van der Waals surface area contributed by atoms with Gasteiger partial charge in [-0.1, -0.05) is 43.7 Å². The first kappa shape index (κ1) is 18.8. The molecule has 0 atom stereocenters. The largest absolute Gasteiger partial charge is 0.493 e. The standard InChI is InChI=1S/C21H28N2O2/c1-3-4-9-18-11-13-19(14-12-18)23-21(24)22-15-7-16-25-20-10-6-5-8-17(20)2/h5-6,8,10-14H,3-4,7,9,15-16H2,1-2H3,(H2,22,23,24). The second kappa shape index (κ2) is 10.4. The van der Waals surface area contributed by atoms with Gasteiger partial charge < -0.3 is 15.4 Å². The molecule has 2 aromatic rings. The highest BCUT2D eigenvalue weighted by atomic mass is 16.5. The Labute approximate surface area is 150 Å². The van der Waals surface area contributed by atoms with Gasteiger partial charge in [0.15, 0.2) is 0 Å². The highest BCUT2D eigenvalue weighted by Gasteiger charge is 2.02. The van der Waals surface area contributed by atoms with Crippen LogP contribution in [0.2, 0.25) is 0 Å². The smallest absolute Gasteiger partial charge is 0.319 e. The molecule has 0 radical (unpaired) electrons. The number of para-hydroxylation sites is 1. The van der Waals surface area contributed by atoms with E-state index in [1.54, 1.807) is 0 Å². The lowest BCUT2D eigenvalue weighted by atomic mass is 10.1. The average molecular weight is 340 g/mol. The number of ether oxygens (including phenoxy) is 1. The molecule has 4 nitrogen and oxygen atoms in total. The summed E-state index contributed by atoms with van der Waals surface area (Å²) in [6.45, 7) is 5.37. The van der Waals surface area contributed by atoms with Crippen molar-refractivity contribution in [1.82, 2.24) is 5.32 Å². The van der Waals surface area contributed by atoms with Crippen LogP contribution in [0.1, 0.15) is 37.3 Å². The minimum Gasteiger partial charge on any atom is -0.493 e. The van der Waals surface area contributed by atoms with Gasteiger partial charge in [0.05, 0.1) is 6.61 Å². The zero-order valence-electron chi connectivity index (χ0n) is 15.2. The van der Waals surface area contributed by atoms with Gasteiger partial charge in [-0.2, -0.15) is 0 Å². The molecule has 0 saturated carbocycles. The van der Waals surface area contributed by atoms with Gasteiger partial charge in [0, 0.05) is 12.2 Å². The number of anilines is 1. The van der Waals surface area contributed by atoms with Gasteiger partial charge in [0.2, 0.25) is 0 Å². The molecule has 0 aliphatic heterocycles. The van der Waals surface area contributed by atoms with E-state index in [2.05, 4.69) is 29.7 Å². The molecule has 0 bridgehead atoms. The summed E-state index contributed by atoms with van der Waals surface area (Å²) in [6.07, 6.45) is 4.23. The summed E-state index contributed by atoms with van der Waals surface area (Å²) in [5.74, 6) is 0.898. The summed E-state index contributed by atoms with van der Waals surface area (Å²) in [5, 5.41) is 5.70. The number of aryl methyl sites for hydroxylation is 2. The van der Waals surface area contributed by atoms with Crippen molar-refractivity contribution in [2.24, 2.45) is 0 Å². The number of hydrogen-bond acceptors (Lipinski definition) is 2. The van der Waals surface area contributed by atoms with Crippen LogP contribution in [0.5, 0.6) is 5.75 Å². The third-order valence-corrected chi connectivity index (χ3v) is 3.99. The first-order chi connectivity index (χ1) is 12.2. The van der Waals surface area contributed by atoms with Crippen LogP contribution in [-0.2, 0) is 6.42 Å². The summed E-state index contributed by atoms with van der Waals surface area (Å²) in [6, 6.07) is 15.8. The number of carbonyl (C=O) groups is 1. The normalized spacial score (nSPS) is 10.3. The predicted octanol–water partition coefficient (Wildman–Crippen LogP) is 4.93. The van der Waals surface area contributed by atoms with Gasteiger partial charge >= 0.3 is 6.03 Å². The van der Waals surface area contributed by atoms with Crippen molar-refractivity contribution in [3.8, 4) is 5.75 Å². The molecular weight excluding hydrogens is 312 g/mol. The second-order valence-electron chi connectivity index (χ2n) is 6.15. The number of benzene rings is 2.